The number of imide groups is 2. The van der Waals surface area contributed by atoms with Crippen molar-refractivity contribution in [1.82, 2.24) is 9.80 Å². The maximum Gasteiger partial charge on any atom is 0.261 e. The molecule has 0 radical (unpaired) electrons. The van der Waals surface area contributed by atoms with Crippen molar-refractivity contribution in [3.8, 4) is 11.5 Å². The SMILES string of the molecule is CC1CCC(N2C(=O)c3ccc(Oc4ccc5c(c4)C(=O)N(C)C5=O)cc3C2=O)CC1. The summed E-state index contributed by atoms with van der Waals surface area (Å²) in [5.41, 5.74) is 1.36. The van der Waals surface area contributed by atoms with Gasteiger partial charge in [0.05, 0.1) is 22.3 Å². The molecule has 7 nitrogen and oxygen atoms in total. The zero-order valence-electron chi connectivity index (χ0n) is 17.4. The molecule has 0 saturated heterocycles. The van der Waals surface area contributed by atoms with E-state index in [1.54, 1.807) is 30.3 Å². The number of fused-ring (bicyclic) bond motifs is 2. The molecule has 2 aliphatic heterocycles. The maximum atomic E-state index is 13.0. The van der Waals surface area contributed by atoms with Crippen LogP contribution in [0.25, 0.3) is 0 Å². The fraction of sp³-hybridized carbons (Fsp3) is 0.333. The molecule has 1 fully saturated rings. The van der Waals surface area contributed by atoms with E-state index in [9.17, 15) is 19.2 Å². The van der Waals surface area contributed by atoms with Crippen LogP contribution in [0.5, 0.6) is 11.5 Å². The summed E-state index contributed by atoms with van der Waals surface area (Å²) in [6, 6.07) is 9.48. The third-order valence-corrected chi connectivity index (χ3v) is 6.54. The van der Waals surface area contributed by atoms with Gasteiger partial charge < -0.3 is 4.74 Å². The normalized spacial score (nSPS) is 22.8. The molecule has 158 valence electrons. The summed E-state index contributed by atoms with van der Waals surface area (Å²) >= 11 is 0. The molecule has 2 heterocycles. The van der Waals surface area contributed by atoms with E-state index < -0.39 is 0 Å². The first kappa shape index (κ1) is 19.5. The Bertz CT molecular complexity index is 1150. The maximum absolute atomic E-state index is 13.0. The summed E-state index contributed by atoms with van der Waals surface area (Å²) in [5.74, 6) is 0.162. The van der Waals surface area contributed by atoms with E-state index in [1.807, 2.05) is 0 Å². The van der Waals surface area contributed by atoms with Gasteiger partial charge in [0.2, 0.25) is 0 Å². The number of amides is 4. The highest BCUT2D eigenvalue weighted by atomic mass is 16.5. The lowest BCUT2D eigenvalue weighted by Gasteiger charge is -2.32. The van der Waals surface area contributed by atoms with Gasteiger partial charge in [-0.05, 0) is 68.0 Å². The minimum atomic E-state index is -0.377. The second-order valence-corrected chi connectivity index (χ2v) is 8.58. The Morgan fingerprint density at radius 1 is 0.710 bits per heavy atom. The molecule has 7 heteroatoms. The van der Waals surface area contributed by atoms with Gasteiger partial charge in [-0.25, -0.2) is 0 Å². The van der Waals surface area contributed by atoms with Crippen molar-refractivity contribution in [3.63, 3.8) is 0 Å². The third kappa shape index (κ3) is 3.03. The van der Waals surface area contributed by atoms with Gasteiger partial charge in [-0.3, -0.25) is 29.0 Å². The van der Waals surface area contributed by atoms with Gasteiger partial charge in [-0.15, -0.1) is 0 Å². The molecular formula is C24H22N2O5. The van der Waals surface area contributed by atoms with Gasteiger partial charge in [0.1, 0.15) is 11.5 Å². The Hall–Kier alpha value is -3.48. The molecule has 1 saturated carbocycles. The van der Waals surface area contributed by atoms with Crippen molar-refractivity contribution in [1.29, 1.82) is 0 Å². The van der Waals surface area contributed by atoms with Crippen LogP contribution in [0.2, 0.25) is 0 Å². The zero-order chi connectivity index (χ0) is 21.9. The lowest BCUT2D eigenvalue weighted by atomic mass is 9.86. The molecule has 0 atom stereocenters. The lowest BCUT2D eigenvalue weighted by molar-refractivity contribution is 0.0532. The predicted molar refractivity (Wildman–Crippen MR) is 111 cm³/mol. The van der Waals surface area contributed by atoms with E-state index in [0.717, 1.165) is 30.6 Å². The van der Waals surface area contributed by atoms with Gasteiger partial charge >= 0.3 is 0 Å². The molecule has 0 spiro atoms. The van der Waals surface area contributed by atoms with E-state index in [0.29, 0.717) is 34.1 Å². The minimum Gasteiger partial charge on any atom is -0.457 e. The fourth-order valence-electron chi connectivity index (χ4n) is 4.67. The molecule has 2 aromatic rings. The molecule has 2 aromatic carbocycles. The standard InChI is InChI=1S/C24H22N2O5/c1-13-3-5-14(6-4-13)26-23(29)18-10-8-16(12-20(18)24(26)30)31-15-7-9-17-19(11-15)22(28)25(2)21(17)27/h7-14H,3-6H2,1-2H3. The van der Waals surface area contributed by atoms with Gasteiger partial charge in [0.15, 0.2) is 0 Å². The first-order valence-corrected chi connectivity index (χ1v) is 10.5. The third-order valence-electron chi connectivity index (χ3n) is 6.54. The Balaban J connectivity index is 1.39. The van der Waals surface area contributed by atoms with Crippen molar-refractivity contribution in [3.05, 3.63) is 58.7 Å². The van der Waals surface area contributed by atoms with Crippen molar-refractivity contribution in [2.24, 2.45) is 5.92 Å². The number of carbonyl (C=O) groups is 4. The number of hydrogen-bond donors (Lipinski definition) is 0. The van der Waals surface area contributed by atoms with Crippen LogP contribution in [0.15, 0.2) is 36.4 Å². The first-order chi connectivity index (χ1) is 14.8. The quantitative estimate of drug-likeness (QED) is 0.707. The molecular weight excluding hydrogens is 396 g/mol. The van der Waals surface area contributed by atoms with Crippen LogP contribution in [-0.2, 0) is 0 Å². The first-order valence-electron chi connectivity index (χ1n) is 10.5. The van der Waals surface area contributed by atoms with E-state index >= 15 is 0 Å². The summed E-state index contributed by atoms with van der Waals surface area (Å²) in [6.45, 7) is 2.20. The highest BCUT2D eigenvalue weighted by molar-refractivity contribution is 6.22. The van der Waals surface area contributed by atoms with Crippen LogP contribution < -0.4 is 4.74 Å². The monoisotopic (exact) mass is 418 g/mol. The van der Waals surface area contributed by atoms with Crippen LogP contribution in [0.1, 0.15) is 74.0 Å². The molecule has 1 aliphatic carbocycles. The number of ether oxygens (including phenoxy) is 1. The second kappa shape index (κ2) is 7.04. The van der Waals surface area contributed by atoms with Crippen LogP contribution in [0, 0.1) is 5.92 Å². The molecule has 3 aliphatic rings. The van der Waals surface area contributed by atoms with Gasteiger partial charge in [0.25, 0.3) is 23.6 Å². The lowest BCUT2D eigenvalue weighted by Crippen LogP contribution is -2.41. The highest BCUT2D eigenvalue weighted by Gasteiger charge is 2.41. The van der Waals surface area contributed by atoms with Crippen molar-refractivity contribution in [2.75, 3.05) is 7.05 Å². The van der Waals surface area contributed by atoms with Crippen molar-refractivity contribution in [2.45, 2.75) is 38.6 Å². The van der Waals surface area contributed by atoms with Gasteiger partial charge in [0, 0.05) is 13.1 Å². The predicted octanol–water partition coefficient (Wildman–Crippen LogP) is 3.88. The number of hydrogen-bond acceptors (Lipinski definition) is 5. The van der Waals surface area contributed by atoms with E-state index in [4.69, 9.17) is 4.74 Å². The number of nitrogens with zero attached hydrogens (tertiary/aromatic N) is 2. The number of carbonyl (C=O) groups excluding carboxylic acids is 4. The average Bonchev–Trinajstić information content (AvgIpc) is 3.14. The Morgan fingerprint density at radius 3 is 1.81 bits per heavy atom. The van der Waals surface area contributed by atoms with Crippen LogP contribution in [-0.4, -0.2) is 46.5 Å². The molecule has 4 amide bonds. The van der Waals surface area contributed by atoms with E-state index in [2.05, 4.69) is 6.92 Å². The average molecular weight is 418 g/mol. The Labute approximate surface area is 179 Å². The smallest absolute Gasteiger partial charge is 0.261 e. The molecule has 0 unspecified atom stereocenters. The van der Waals surface area contributed by atoms with Crippen molar-refractivity contribution < 1.29 is 23.9 Å². The molecule has 0 aromatic heterocycles. The van der Waals surface area contributed by atoms with Crippen molar-refractivity contribution >= 4 is 23.6 Å². The Morgan fingerprint density at radius 2 is 1.19 bits per heavy atom. The van der Waals surface area contributed by atoms with Crippen LogP contribution in [0.3, 0.4) is 0 Å². The molecule has 0 bridgehead atoms. The largest absolute Gasteiger partial charge is 0.457 e. The topological polar surface area (TPSA) is 84.0 Å². The minimum absolute atomic E-state index is 0.0507. The highest BCUT2D eigenvalue weighted by Crippen LogP contribution is 2.35. The summed E-state index contributed by atoms with van der Waals surface area (Å²) in [6.07, 6.45) is 3.71. The van der Waals surface area contributed by atoms with E-state index in [1.165, 1.54) is 18.0 Å². The summed E-state index contributed by atoms with van der Waals surface area (Å²) in [5, 5.41) is 0. The summed E-state index contributed by atoms with van der Waals surface area (Å²) in [4.78, 5) is 52.6. The molecule has 0 N–H and O–H groups in total. The molecule has 31 heavy (non-hydrogen) atoms. The van der Waals surface area contributed by atoms with Gasteiger partial charge in [-0.2, -0.15) is 0 Å². The summed E-state index contributed by atoms with van der Waals surface area (Å²) in [7, 11) is 1.44. The zero-order valence-corrected chi connectivity index (χ0v) is 17.4. The fourth-order valence-corrected chi connectivity index (χ4v) is 4.67. The number of rotatable bonds is 3. The summed E-state index contributed by atoms with van der Waals surface area (Å²) < 4.78 is 5.86. The number of benzene rings is 2. The van der Waals surface area contributed by atoms with Gasteiger partial charge in [-0.1, -0.05) is 6.92 Å². The van der Waals surface area contributed by atoms with E-state index in [-0.39, 0.29) is 35.2 Å². The molecule has 5 rings (SSSR count). The Kier molecular flexibility index (Phi) is 4.43. The second-order valence-electron chi connectivity index (χ2n) is 8.58. The van der Waals surface area contributed by atoms with Crippen LogP contribution >= 0.6 is 0 Å². The van der Waals surface area contributed by atoms with Crippen LogP contribution in [0.4, 0.5) is 0 Å².